The number of amides is 1. The van der Waals surface area contributed by atoms with Crippen LogP contribution in [0.1, 0.15) is 18.7 Å². The maximum Gasteiger partial charge on any atom is 0.468 e. The van der Waals surface area contributed by atoms with Gasteiger partial charge in [-0.25, -0.2) is 13.4 Å². The van der Waals surface area contributed by atoms with Crippen molar-refractivity contribution in [2.24, 2.45) is 0 Å². The highest BCUT2D eigenvalue weighted by Crippen LogP contribution is 2.33. The Morgan fingerprint density at radius 3 is 2.48 bits per heavy atom. The van der Waals surface area contributed by atoms with E-state index in [0.717, 1.165) is 6.26 Å². The van der Waals surface area contributed by atoms with Gasteiger partial charge in [0.2, 0.25) is 5.91 Å². The molecule has 2 heterocycles. The highest BCUT2D eigenvalue weighted by molar-refractivity contribution is 7.92. The lowest BCUT2D eigenvalue weighted by Gasteiger charge is -2.34. The predicted octanol–water partition coefficient (Wildman–Crippen LogP) is 2.37. The van der Waals surface area contributed by atoms with E-state index in [0.29, 0.717) is 13.1 Å². The van der Waals surface area contributed by atoms with Gasteiger partial charge in [-0.15, -0.1) is 12.4 Å². The van der Waals surface area contributed by atoms with Gasteiger partial charge in [-0.1, -0.05) is 0 Å². The minimum atomic E-state index is -4.72. The lowest BCUT2D eigenvalue weighted by Crippen LogP contribution is -2.55. The molecule has 0 saturated carbocycles. The number of aromatic nitrogens is 1. The van der Waals surface area contributed by atoms with Crippen molar-refractivity contribution in [2.75, 3.05) is 24.7 Å². The third-order valence-electron chi connectivity index (χ3n) is 4.42. The summed E-state index contributed by atoms with van der Waals surface area (Å²) in [5.74, 6) is -2.10. The molecule has 1 aliphatic rings. The van der Waals surface area contributed by atoms with Crippen LogP contribution in [0.25, 0.3) is 11.1 Å². The van der Waals surface area contributed by atoms with E-state index in [1.165, 1.54) is 18.2 Å². The Kier molecular flexibility index (Phi) is 5.79. The van der Waals surface area contributed by atoms with Gasteiger partial charge in [0.15, 0.2) is 20.2 Å². The van der Waals surface area contributed by atoms with Crippen LogP contribution in [0.2, 0.25) is 0 Å². The average molecular weight is 428 g/mol. The monoisotopic (exact) mass is 427 g/mol. The van der Waals surface area contributed by atoms with Gasteiger partial charge in [0.25, 0.3) is 0 Å². The summed E-state index contributed by atoms with van der Waals surface area (Å²) in [6.07, 6.45) is -3.49. The summed E-state index contributed by atoms with van der Waals surface area (Å²) in [7, 11) is -3.70. The fourth-order valence-electron chi connectivity index (χ4n) is 2.97. The van der Waals surface area contributed by atoms with E-state index in [-0.39, 0.29) is 42.0 Å². The first-order valence-corrected chi connectivity index (χ1v) is 9.62. The van der Waals surface area contributed by atoms with Gasteiger partial charge >= 0.3 is 12.1 Å². The van der Waals surface area contributed by atoms with Crippen LogP contribution < -0.4 is 10.6 Å². The third kappa shape index (κ3) is 4.04. The topological polar surface area (TPSA) is 101 Å². The summed E-state index contributed by atoms with van der Waals surface area (Å²) < 4.78 is 65.5. The summed E-state index contributed by atoms with van der Waals surface area (Å²) >= 11 is 0. The molecular weight excluding hydrogens is 411 g/mol. The molecule has 0 bridgehead atoms. The fourth-order valence-corrected chi connectivity index (χ4v) is 4.30. The molecule has 2 aromatic rings. The molecule has 150 valence electrons. The first-order valence-electron chi connectivity index (χ1n) is 7.72. The fraction of sp³-hybridized carbons (Fsp3) is 0.467. The molecule has 12 heteroatoms. The van der Waals surface area contributed by atoms with Gasteiger partial charge in [-0.2, -0.15) is 13.2 Å². The lowest BCUT2D eigenvalue weighted by atomic mass is 9.95. The number of hydrogen-bond acceptors (Lipinski definition) is 6. The standard InChI is InChI=1S/C15H16F3N3O4S.ClH/c1-26(23,24)14(4-6-19-7-5-14)12(22)20-9-2-3-11-10(8-9)21-13(25-11)15(16,17)18;/h2-3,8,19H,4-7H2,1H3,(H,20,22);1H. The van der Waals surface area contributed by atoms with E-state index in [9.17, 15) is 26.4 Å². The zero-order valence-electron chi connectivity index (χ0n) is 14.1. The van der Waals surface area contributed by atoms with Gasteiger partial charge in [0, 0.05) is 11.9 Å². The third-order valence-corrected chi connectivity index (χ3v) is 6.44. The van der Waals surface area contributed by atoms with E-state index in [1.54, 1.807) is 0 Å². The number of nitrogens with zero attached hydrogens (tertiary/aromatic N) is 1. The Morgan fingerprint density at radius 1 is 1.30 bits per heavy atom. The minimum Gasteiger partial charge on any atom is -0.433 e. The van der Waals surface area contributed by atoms with Crippen LogP contribution in [0.15, 0.2) is 22.6 Å². The largest absolute Gasteiger partial charge is 0.468 e. The van der Waals surface area contributed by atoms with Crippen molar-refractivity contribution in [3.63, 3.8) is 0 Å². The molecule has 1 amide bonds. The maximum absolute atomic E-state index is 12.7. The smallest absolute Gasteiger partial charge is 0.433 e. The second-order valence-corrected chi connectivity index (χ2v) is 8.50. The number of rotatable bonds is 3. The highest BCUT2D eigenvalue weighted by atomic mass is 35.5. The number of piperidine rings is 1. The molecular formula is C15H17ClF3N3O4S. The van der Waals surface area contributed by atoms with Gasteiger partial charge in [-0.05, 0) is 44.1 Å². The molecule has 1 fully saturated rings. The van der Waals surface area contributed by atoms with Crippen molar-refractivity contribution in [3.05, 3.63) is 24.1 Å². The maximum atomic E-state index is 12.7. The summed E-state index contributed by atoms with van der Waals surface area (Å²) in [4.78, 5) is 16.1. The lowest BCUT2D eigenvalue weighted by molar-refractivity contribution is -0.156. The summed E-state index contributed by atoms with van der Waals surface area (Å²) in [5.41, 5.74) is -0.0325. The Morgan fingerprint density at radius 2 is 1.93 bits per heavy atom. The van der Waals surface area contributed by atoms with Crippen molar-refractivity contribution in [1.82, 2.24) is 10.3 Å². The van der Waals surface area contributed by atoms with Crippen molar-refractivity contribution >= 4 is 44.9 Å². The van der Waals surface area contributed by atoms with Gasteiger partial charge in [-0.3, -0.25) is 4.79 Å². The second-order valence-electron chi connectivity index (χ2n) is 6.17. The Bertz CT molecular complexity index is 953. The number of fused-ring (bicyclic) bond motifs is 1. The number of anilines is 1. The first kappa shape index (κ1) is 21.5. The first-order chi connectivity index (χ1) is 12.0. The predicted molar refractivity (Wildman–Crippen MR) is 94.6 cm³/mol. The summed E-state index contributed by atoms with van der Waals surface area (Å²) in [6.45, 7) is 0.746. The van der Waals surface area contributed by atoms with Crippen LogP contribution in [-0.2, 0) is 20.8 Å². The zero-order chi connectivity index (χ0) is 19.2. The van der Waals surface area contributed by atoms with Crippen molar-refractivity contribution in [3.8, 4) is 0 Å². The van der Waals surface area contributed by atoms with Crippen molar-refractivity contribution in [2.45, 2.75) is 23.8 Å². The van der Waals surface area contributed by atoms with E-state index in [4.69, 9.17) is 0 Å². The van der Waals surface area contributed by atoms with E-state index in [2.05, 4.69) is 20.0 Å². The van der Waals surface area contributed by atoms with Crippen LogP contribution in [0, 0.1) is 0 Å². The molecule has 2 N–H and O–H groups in total. The molecule has 1 aromatic heterocycles. The van der Waals surface area contributed by atoms with Crippen LogP contribution in [0.4, 0.5) is 18.9 Å². The molecule has 0 atom stereocenters. The number of oxazole rings is 1. The molecule has 0 spiro atoms. The number of nitrogens with one attached hydrogen (secondary N) is 2. The Hall–Kier alpha value is -1.85. The van der Waals surface area contributed by atoms with Crippen molar-refractivity contribution < 1.29 is 30.8 Å². The summed E-state index contributed by atoms with van der Waals surface area (Å²) in [5, 5.41) is 5.49. The molecule has 1 saturated heterocycles. The van der Waals surface area contributed by atoms with Gasteiger partial charge in [0.1, 0.15) is 5.52 Å². The molecule has 3 rings (SSSR count). The normalized spacial score (nSPS) is 17.3. The number of halogens is 4. The molecule has 7 nitrogen and oxygen atoms in total. The molecule has 0 aliphatic carbocycles. The number of carbonyl (C=O) groups excluding carboxylic acids is 1. The number of hydrogen-bond donors (Lipinski definition) is 2. The van der Waals surface area contributed by atoms with Gasteiger partial charge in [0.05, 0.1) is 0 Å². The number of sulfone groups is 1. The average Bonchev–Trinajstić information content (AvgIpc) is 2.98. The van der Waals surface area contributed by atoms with Crippen LogP contribution >= 0.6 is 12.4 Å². The van der Waals surface area contributed by atoms with E-state index < -0.39 is 32.6 Å². The number of carbonyl (C=O) groups is 1. The van der Waals surface area contributed by atoms with Crippen LogP contribution in [0.5, 0.6) is 0 Å². The molecule has 1 aliphatic heterocycles. The number of benzene rings is 1. The minimum absolute atomic E-state index is 0. The summed E-state index contributed by atoms with van der Waals surface area (Å²) in [6, 6.07) is 3.79. The van der Waals surface area contributed by atoms with E-state index in [1.807, 2.05) is 0 Å². The molecule has 0 unspecified atom stereocenters. The zero-order valence-corrected chi connectivity index (χ0v) is 15.7. The van der Waals surface area contributed by atoms with Crippen LogP contribution in [-0.4, -0.2) is 43.4 Å². The Balaban J connectivity index is 0.00000261. The number of alkyl halides is 3. The highest BCUT2D eigenvalue weighted by Gasteiger charge is 2.48. The van der Waals surface area contributed by atoms with E-state index >= 15 is 0 Å². The molecule has 27 heavy (non-hydrogen) atoms. The van der Waals surface area contributed by atoms with Crippen molar-refractivity contribution in [1.29, 1.82) is 0 Å². The SMILES string of the molecule is CS(=O)(=O)C1(C(=O)Nc2ccc3oc(C(F)(F)F)nc3c2)CCNCC1.Cl. The quantitative estimate of drug-likeness (QED) is 0.779. The second kappa shape index (κ2) is 7.28. The van der Waals surface area contributed by atoms with Gasteiger partial charge < -0.3 is 15.1 Å². The van der Waals surface area contributed by atoms with Crippen LogP contribution in [0.3, 0.4) is 0 Å². The molecule has 1 aromatic carbocycles. The molecule has 0 radical (unpaired) electrons. The Labute approximate surface area is 159 Å².